The van der Waals surface area contributed by atoms with E-state index < -0.39 is 0 Å². The van der Waals surface area contributed by atoms with Gasteiger partial charge in [-0.15, -0.1) is 0 Å². The number of fused-ring (bicyclic) bond motifs is 2. The van der Waals surface area contributed by atoms with Gasteiger partial charge in [-0.05, 0) is 54.6 Å². The molecular formula is C15H25N3S. The van der Waals surface area contributed by atoms with Gasteiger partial charge in [-0.1, -0.05) is 27.7 Å². The molecule has 0 spiro atoms. The van der Waals surface area contributed by atoms with E-state index in [-0.39, 0.29) is 0 Å². The van der Waals surface area contributed by atoms with Crippen molar-refractivity contribution < 1.29 is 0 Å². The summed E-state index contributed by atoms with van der Waals surface area (Å²) in [7, 11) is 0. The van der Waals surface area contributed by atoms with Gasteiger partial charge in [-0.3, -0.25) is 9.67 Å². The second-order valence-corrected chi connectivity index (χ2v) is 7.77. The Kier molecular flexibility index (Phi) is 2.93. The highest BCUT2D eigenvalue weighted by atomic mass is 32.1. The lowest BCUT2D eigenvalue weighted by Crippen LogP contribution is -2.38. The lowest BCUT2D eigenvalue weighted by atomic mass is 9.68. The van der Waals surface area contributed by atoms with Gasteiger partial charge in [0.2, 0.25) is 0 Å². The minimum Gasteiger partial charge on any atom is -0.300 e. The number of aryl methyl sites for hydroxylation is 1. The molecule has 0 aliphatic heterocycles. The molecule has 3 nitrogen and oxygen atoms in total. The fourth-order valence-corrected chi connectivity index (χ4v) is 5.18. The molecule has 3 rings (SSSR count). The van der Waals surface area contributed by atoms with E-state index in [4.69, 9.17) is 12.2 Å². The Labute approximate surface area is 120 Å². The molecule has 2 bridgehead atoms. The maximum absolute atomic E-state index is 5.54. The highest BCUT2D eigenvalue weighted by Crippen LogP contribution is 2.68. The van der Waals surface area contributed by atoms with Crippen molar-refractivity contribution in [3.63, 3.8) is 0 Å². The van der Waals surface area contributed by atoms with Crippen LogP contribution in [0.5, 0.6) is 0 Å². The summed E-state index contributed by atoms with van der Waals surface area (Å²) in [5.41, 5.74) is 0.732. The molecule has 1 N–H and O–H groups in total. The number of nitrogens with zero attached hydrogens (tertiary/aromatic N) is 2. The van der Waals surface area contributed by atoms with Crippen molar-refractivity contribution in [2.45, 2.75) is 65.8 Å². The van der Waals surface area contributed by atoms with Crippen molar-refractivity contribution in [2.75, 3.05) is 0 Å². The van der Waals surface area contributed by atoms with Crippen molar-refractivity contribution in [3.05, 3.63) is 10.6 Å². The standard InChI is InChI=1S/C15H25N3S/c1-5-6-11-16-17-13(19)18(11)12-14(2,3)10-7-8-15(12,4)9-10/h10,12H,5-9H2,1-4H3,(H,17,19). The Hall–Kier alpha value is -0.640. The third kappa shape index (κ3) is 1.75. The first-order chi connectivity index (χ1) is 8.90. The van der Waals surface area contributed by atoms with Gasteiger partial charge in [-0.2, -0.15) is 5.10 Å². The predicted molar refractivity (Wildman–Crippen MR) is 79.7 cm³/mol. The number of H-pyrrole nitrogens is 1. The van der Waals surface area contributed by atoms with Crippen LogP contribution >= 0.6 is 12.2 Å². The van der Waals surface area contributed by atoms with Crippen molar-refractivity contribution in [3.8, 4) is 0 Å². The second kappa shape index (κ2) is 4.18. The smallest absolute Gasteiger partial charge is 0.195 e. The van der Waals surface area contributed by atoms with Crippen LogP contribution in [0.25, 0.3) is 0 Å². The Balaban J connectivity index is 2.11. The fraction of sp³-hybridized carbons (Fsp3) is 0.867. The molecule has 106 valence electrons. The molecule has 0 amide bonds. The minimum absolute atomic E-state index is 0.331. The molecule has 1 aromatic rings. The third-order valence-electron chi connectivity index (χ3n) is 5.70. The molecule has 4 heteroatoms. The topological polar surface area (TPSA) is 33.6 Å². The summed E-state index contributed by atoms with van der Waals surface area (Å²) in [6, 6.07) is 0.506. The Morgan fingerprint density at radius 1 is 1.42 bits per heavy atom. The number of hydrogen-bond acceptors (Lipinski definition) is 2. The van der Waals surface area contributed by atoms with Crippen LogP contribution < -0.4 is 0 Å². The molecular weight excluding hydrogens is 254 g/mol. The molecule has 19 heavy (non-hydrogen) atoms. The molecule has 2 aliphatic rings. The number of nitrogens with one attached hydrogen (secondary N) is 1. The first-order valence-corrected chi connectivity index (χ1v) is 7.97. The van der Waals surface area contributed by atoms with Gasteiger partial charge >= 0.3 is 0 Å². The van der Waals surface area contributed by atoms with Crippen LogP contribution in [0.15, 0.2) is 0 Å². The highest BCUT2D eigenvalue weighted by Gasteiger charge is 2.60. The van der Waals surface area contributed by atoms with Gasteiger partial charge in [0, 0.05) is 12.5 Å². The van der Waals surface area contributed by atoms with Crippen LogP contribution in [0.2, 0.25) is 0 Å². The molecule has 0 aromatic carbocycles. The van der Waals surface area contributed by atoms with E-state index in [1.54, 1.807) is 0 Å². The molecule has 3 atom stereocenters. The molecule has 1 aromatic heterocycles. The number of rotatable bonds is 3. The zero-order valence-electron chi connectivity index (χ0n) is 12.5. The average Bonchev–Trinajstić information content (AvgIpc) is 2.92. The van der Waals surface area contributed by atoms with Crippen LogP contribution in [0.3, 0.4) is 0 Å². The van der Waals surface area contributed by atoms with E-state index in [9.17, 15) is 0 Å². The van der Waals surface area contributed by atoms with Crippen LogP contribution in [0, 0.1) is 21.5 Å². The Morgan fingerprint density at radius 3 is 2.74 bits per heavy atom. The Morgan fingerprint density at radius 2 is 2.16 bits per heavy atom. The maximum Gasteiger partial charge on any atom is 0.195 e. The zero-order valence-corrected chi connectivity index (χ0v) is 13.3. The summed E-state index contributed by atoms with van der Waals surface area (Å²) >= 11 is 5.54. The predicted octanol–water partition coefficient (Wildman–Crippen LogP) is 4.28. The fourth-order valence-electron chi connectivity index (χ4n) is 4.92. The summed E-state index contributed by atoms with van der Waals surface area (Å²) < 4.78 is 3.17. The molecule has 0 saturated heterocycles. The van der Waals surface area contributed by atoms with Crippen LogP contribution in [-0.4, -0.2) is 14.8 Å². The maximum atomic E-state index is 5.54. The van der Waals surface area contributed by atoms with E-state index in [1.807, 2.05) is 0 Å². The summed E-state index contributed by atoms with van der Waals surface area (Å²) in [5.74, 6) is 1.99. The van der Waals surface area contributed by atoms with Crippen molar-refractivity contribution in [2.24, 2.45) is 16.7 Å². The summed E-state index contributed by atoms with van der Waals surface area (Å²) in [6.45, 7) is 9.52. The van der Waals surface area contributed by atoms with Gasteiger partial charge < -0.3 is 0 Å². The van der Waals surface area contributed by atoms with E-state index in [2.05, 4.69) is 42.5 Å². The number of aromatic amines is 1. The Bertz CT molecular complexity index is 537. The third-order valence-corrected chi connectivity index (χ3v) is 5.99. The van der Waals surface area contributed by atoms with Crippen LogP contribution in [-0.2, 0) is 6.42 Å². The van der Waals surface area contributed by atoms with Crippen LogP contribution in [0.4, 0.5) is 0 Å². The van der Waals surface area contributed by atoms with Crippen molar-refractivity contribution in [1.82, 2.24) is 14.8 Å². The normalized spacial score (nSPS) is 36.0. The summed E-state index contributed by atoms with van der Waals surface area (Å²) in [4.78, 5) is 0. The number of hydrogen-bond donors (Lipinski definition) is 1. The van der Waals surface area contributed by atoms with E-state index in [0.717, 1.165) is 29.4 Å². The van der Waals surface area contributed by atoms with Gasteiger partial charge in [0.15, 0.2) is 4.77 Å². The molecule has 3 unspecified atom stereocenters. The summed E-state index contributed by atoms with van der Waals surface area (Å²) in [5, 5.41) is 7.51. The van der Waals surface area contributed by atoms with Gasteiger partial charge in [0.05, 0.1) is 0 Å². The SMILES string of the molecule is CCCc1n[nH]c(=S)n1C1C2(C)CCC(C2)C1(C)C. The molecule has 2 aliphatic carbocycles. The quantitative estimate of drug-likeness (QED) is 0.838. The first-order valence-electron chi connectivity index (χ1n) is 7.56. The molecule has 1 heterocycles. The van der Waals surface area contributed by atoms with E-state index >= 15 is 0 Å². The van der Waals surface area contributed by atoms with Gasteiger partial charge in [0.25, 0.3) is 0 Å². The molecule has 0 radical (unpaired) electrons. The van der Waals surface area contributed by atoms with Crippen LogP contribution in [0.1, 0.15) is 65.2 Å². The second-order valence-electron chi connectivity index (χ2n) is 7.38. The number of aromatic nitrogens is 3. The first kappa shape index (κ1) is 13.3. The molecule has 2 fully saturated rings. The summed E-state index contributed by atoms with van der Waals surface area (Å²) in [6.07, 6.45) is 6.20. The van der Waals surface area contributed by atoms with E-state index in [1.165, 1.54) is 19.3 Å². The minimum atomic E-state index is 0.331. The lowest BCUT2D eigenvalue weighted by Gasteiger charge is -2.43. The van der Waals surface area contributed by atoms with Gasteiger partial charge in [-0.25, -0.2) is 0 Å². The lowest BCUT2D eigenvalue weighted by molar-refractivity contribution is 0.0798. The van der Waals surface area contributed by atoms with E-state index in [0.29, 0.717) is 16.9 Å². The van der Waals surface area contributed by atoms with Crippen molar-refractivity contribution in [1.29, 1.82) is 0 Å². The largest absolute Gasteiger partial charge is 0.300 e. The highest BCUT2D eigenvalue weighted by molar-refractivity contribution is 7.71. The monoisotopic (exact) mass is 279 g/mol. The van der Waals surface area contributed by atoms with Gasteiger partial charge in [0.1, 0.15) is 5.82 Å². The molecule has 2 saturated carbocycles. The zero-order chi connectivity index (χ0) is 13.8. The average molecular weight is 279 g/mol. The van der Waals surface area contributed by atoms with Crippen molar-refractivity contribution >= 4 is 12.2 Å².